The lowest BCUT2D eigenvalue weighted by Crippen LogP contribution is -2.45. The van der Waals surface area contributed by atoms with E-state index in [0.29, 0.717) is 17.5 Å². The molecular weight excluding hydrogens is 214 g/mol. The molecule has 0 spiro atoms. The Hall–Kier alpha value is -0.900. The van der Waals surface area contributed by atoms with E-state index in [1.807, 2.05) is 0 Å². The smallest absolute Gasteiger partial charge is 0.216 e. The fourth-order valence-electron chi connectivity index (χ4n) is 3.90. The molecule has 17 heavy (non-hydrogen) atoms. The molecule has 2 fully saturated rings. The Kier molecular flexibility index (Phi) is 2.18. The number of likely N-dealkylation sites (tertiary alicyclic amines) is 1. The maximum absolute atomic E-state index is 5.30. The molecule has 1 aliphatic carbocycles. The molecule has 0 bridgehead atoms. The first-order chi connectivity index (χ1) is 7.92. The maximum atomic E-state index is 5.30. The zero-order valence-corrected chi connectivity index (χ0v) is 11.1. The predicted molar refractivity (Wildman–Crippen MR) is 64.5 cm³/mol. The van der Waals surface area contributed by atoms with Gasteiger partial charge < -0.3 is 4.42 Å². The van der Waals surface area contributed by atoms with Gasteiger partial charge in [-0.2, -0.15) is 0 Å². The number of nitrogens with zero attached hydrogens (tertiary/aromatic N) is 3. The van der Waals surface area contributed by atoms with Crippen LogP contribution in [-0.4, -0.2) is 32.7 Å². The summed E-state index contributed by atoms with van der Waals surface area (Å²) in [5.74, 6) is 0.801. The van der Waals surface area contributed by atoms with Crippen LogP contribution in [0.3, 0.4) is 0 Å². The van der Waals surface area contributed by atoms with E-state index in [9.17, 15) is 0 Å². The van der Waals surface area contributed by atoms with Crippen molar-refractivity contribution in [3.8, 4) is 0 Å². The fraction of sp³-hybridized carbons (Fsp3) is 0.846. The highest BCUT2D eigenvalue weighted by molar-refractivity contribution is 5.20. The molecule has 3 atom stereocenters. The number of hydrogen-bond acceptors (Lipinski definition) is 4. The second kappa shape index (κ2) is 3.31. The molecule has 2 aliphatic rings. The maximum Gasteiger partial charge on any atom is 0.216 e. The Balaban J connectivity index is 1.77. The molecule has 0 amide bonds. The molecule has 0 unspecified atom stereocenters. The van der Waals surface area contributed by atoms with Crippen LogP contribution in [-0.2, 0) is 6.42 Å². The lowest BCUT2D eigenvalue weighted by atomic mass is 9.96. The summed E-state index contributed by atoms with van der Waals surface area (Å²) < 4.78 is 5.30. The number of fused-ring (bicyclic) bond motifs is 1. The lowest BCUT2D eigenvalue weighted by molar-refractivity contribution is 0.104. The second-order valence-corrected chi connectivity index (χ2v) is 6.72. The molecule has 94 valence electrons. The van der Waals surface area contributed by atoms with Crippen molar-refractivity contribution >= 4 is 0 Å². The molecule has 0 N–H and O–H groups in total. The molecule has 4 heteroatoms. The van der Waals surface area contributed by atoms with Crippen LogP contribution in [0.1, 0.15) is 46.4 Å². The Morgan fingerprint density at radius 1 is 1.47 bits per heavy atom. The van der Waals surface area contributed by atoms with E-state index in [1.165, 1.54) is 19.2 Å². The highest BCUT2D eigenvalue weighted by Gasteiger charge is 2.65. The average Bonchev–Trinajstić information content (AvgIpc) is 2.61. The van der Waals surface area contributed by atoms with Crippen LogP contribution >= 0.6 is 0 Å². The van der Waals surface area contributed by atoms with Crippen molar-refractivity contribution in [1.82, 2.24) is 15.1 Å². The molecule has 3 rings (SSSR count). The summed E-state index contributed by atoms with van der Waals surface area (Å²) in [6, 6.07) is 1.38. The average molecular weight is 235 g/mol. The summed E-state index contributed by atoms with van der Waals surface area (Å²) in [6.45, 7) is 9.27. The van der Waals surface area contributed by atoms with Gasteiger partial charge in [-0.25, -0.2) is 0 Å². The van der Waals surface area contributed by atoms with Crippen molar-refractivity contribution in [3.05, 3.63) is 12.3 Å². The van der Waals surface area contributed by atoms with Crippen molar-refractivity contribution in [2.24, 2.45) is 5.41 Å². The number of rotatable bonds is 2. The zero-order chi connectivity index (χ0) is 12.3. The molecule has 0 aromatic carbocycles. The quantitative estimate of drug-likeness (QED) is 0.788. The van der Waals surface area contributed by atoms with Crippen LogP contribution in [0.2, 0.25) is 0 Å². The van der Waals surface area contributed by atoms with Crippen LogP contribution < -0.4 is 0 Å². The third-order valence-electron chi connectivity index (χ3n) is 4.34. The Bertz CT molecular complexity index is 409. The summed E-state index contributed by atoms with van der Waals surface area (Å²) in [4.78, 5) is 2.67. The minimum absolute atomic E-state index is 0.261. The fourth-order valence-corrected chi connectivity index (χ4v) is 3.90. The minimum Gasteiger partial charge on any atom is -0.428 e. The normalized spacial score (nSPS) is 37.2. The molecule has 1 aromatic rings. The van der Waals surface area contributed by atoms with Crippen LogP contribution in [0.15, 0.2) is 10.8 Å². The van der Waals surface area contributed by atoms with Gasteiger partial charge in [0.15, 0.2) is 0 Å². The Labute approximate surface area is 102 Å². The van der Waals surface area contributed by atoms with E-state index in [1.54, 1.807) is 0 Å². The van der Waals surface area contributed by atoms with E-state index in [4.69, 9.17) is 4.42 Å². The lowest BCUT2D eigenvalue weighted by Gasteiger charge is -2.37. The second-order valence-electron chi connectivity index (χ2n) is 6.72. The summed E-state index contributed by atoms with van der Waals surface area (Å²) >= 11 is 0. The van der Waals surface area contributed by atoms with Gasteiger partial charge in [0, 0.05) is 24.0 Å². The van der Waals surface area contributed by atoms with Gasteiger partial charge in [-0.05, 0) is 46.0 Å². The van der Waals surface area contributed by atoms with Gasteiger partial charge in [0.05, 0.1) is 0 Å². The molecule has 4 nitrogen and oxygen atoms in total. The Morgan fingerprint density at radius 2 is 2.24 bits per heavy atom. The van der Waals surface area contributed by atoms with Crippen molar-refractivity contribution < 1.29 is 4.42 Å². The third kappa shape index (κ3) is 1.69. The van der Waals surface area contributed by atoms with E-state index in [0.717, 1.165) is 12.3 Å². The molecule has 2 heterocycles. The van der Waals surface area contributed by atoms with Gasteiger partial charge in [-0.1, -0.05) is 0 Å². The molecule has 1 saturated carbocycles. The summed E-state index contributed by atoms with van der Waals surface area (Å²) in [7, 11) is 0. The van der Waals surface area contributed by atoms with E-state index in [2.05, 4.69) is 42.8 Å². The number of aromatic nitrogens is 2. The topological polar surface area (TPSA) is 42.2 Å². The van der Waals surface area contributed by atoms with Crippen molar-refractivity contribution in [2.75, 3.05) is 0 Å². The van der Waals surface area contributed by atoms with Crippen molar-refractivity contribution in [3.63, 3.8) is 0 Å². The van der Waals surface area contributed by atoms with Gasteiger partial charge in [0.25, 0.3) is 0 Å². The van der Waals surface area contributed by atoms with E-state index in [-0.39, 0.29) is 5.54 Å². The molecule has 1 aliphatic heterocycles. The minimum atomic E-state index is 0.261. The standard InChI is InChI=1S/C13H21N3O/c1-9-5-13(7-11-15-14-8-17-11)6-10(13)16(9)12(2,3)4/h8-10H,5-7H2,1-4H3/t9-,10-,13+/m1/s1. The summed E-state index contributed by atoms with van der Waals surface area (Å²) in [5.41, 5.74) is 0.677. The molecule has 1 saturated heterocycles. The van der Waals surface area contributed by atoms with Gasteiger partial charge >= 0.3 is 0 Å². The van der Waals surface area contributed by atoms with Gasteiger partial charge in [0.1, 0.15) is 0 Å². The van der Waals surface area contributed by atoms with Gasteiger partial charge in [-0.3, -0.25) is 4.90 Å². The van der Waals surface area contributed by atoms with Crippen LogP contribution in [0, 0.1) is 5.41 Å². The molecule has 0 radical (unpaired) electrons. The molecule has 1 aromatic heterocycles. The van der Waals surface area contributed by atoms with Crippen molar-refractivity contribution in [1.29, 1.82) is 0 Å². The van der Waals surface area contributed by atoms with Gasteiger partial charge in [-0.15, -0.1) is 10.2 Å². The predicted octanol–water partition coefficient (Wildman–Crippen LogP) is 2.26. The first kappa shape index (κ1) is 11.2. The third-order valence-corrected chi connectivity index (χ3v) is 4.34. The number of hydrogen-bond donors (Lipinski definition) is 0. The van der Waals surface area contributed by atoms with Crippen LogP contribution in [0.4, 0.5) is 0 Å². The summed E-state index contributed by atoms with van der Waals surface area (Å²) in [5, 5.41) is 7.80. The van der Waals surface area contributed by atoms with E-state index < -0.39 is 0 Å². The van der Waals surface area contributed by atoms with E-state index >= 15 is 0 Å². The number of piperidine rings is 1. The van der Waals surface area contributed by atoms with Gasteiger partial charge in [0.2, 0.25) is 12.3 Å². The summed E-state index contributed by atoms with van der Waals surface area (Å²) in [6.07, 6.45) is 4.94. The highest BCUT2D eigenvalue weighted by Crippen LogP contribution is 2.62. The highest BCUT2D eigenvalue weighted by atomic mass is 16.4. The first-order valence-corrected chi connectivity index (χ1v) is 6.46. The SMILES string of the molecule is C[C@@H]1C[C@@]2(Cc3nnco3)C[C@H]2N1C(C)(C)C. The zero-order valence-electron chi connectivity index (χ0n) is 11.1. The largest absolute Gasteiger partial charge is 0.428 e. The van der Waals surface area contributed by atoms with Crippen LogP contribution in [0.5, 0.6) is 0 Å². The first-order valence-electron chi connectivity index (χ1n) is 6.46. The van der Waals surface area contributed by atoms with Crippen molar-refractivity contribution in [2.45, 2.75) is 64.6 Å². The van der Waals surface area contributed by atoms with Crippen LogP contribution in [0.25, 0.3) is 0 Å². The monoisotopic (exact) mass is 235 g/mol. The molecular formula is C13H21N3O. The Morgan fingerprint density at radius 3 is 2.76 bits per heavy atom.